The van der Waals surface area contributed by atoms with Crippen molar-refractivity contribution in [1.29, 1.82) is 0 Å². The Morgan fingerprint density at radius 1 is 1.07 bits per heavy atom. The van der Waals surface area contributed by atoms with E-state index in [2.05, 4.69) is 24.4 Å². The van der Waals surface area contributed by atoms with Crippen molar-refractivity contribution in [3.8, 4) is 0 Å². The third-order valence-electron chi connectivity index (χ3n) is 5.03. The minimum Gasteiger partial charge on any atom is -0.347 e. The molecule has 1 heterocycles. The molecular weight excluding hydrogens is 365 g/mol. The van der Waals surface area contributed by atoms with E-state index in [0.29, 0.717) is 17.8 Å². The van der Waals surface area contributed by atoms with Gasteiger partial charge in [-0.3, -0.25) is 4.79 Å². The Morgan fingerprint density at radius 2 is 1.82 bits per heavy atom. The number of hydrogen-bond acceptors (Lipinski definition) is 1. The van der Waals surface area contributed by atoms with Crippen LogP contribution in [-0.4, -0.2) is 10.5 Å². The van der Waals surface area contributed by atoms with Crippen LogP contribution in [0.3, 0.4) is 0 Å². The van der Waals surface area contributed by atoms with Crippen LogP contribution in [-0.2, 0) is 25.7 Å². The number of rotatable bonds is 5. The lowest BCUT2D eigenvalue weighted by atomic mass is 10.1. The van der Waals surface area contributed by atoms with Crippen LogP contribution in [0.15, 0.2) is 42.5 Å². The van der Waals surface area contributed by atoms with E-state index < -0.39 is 11.7 Å². The van der Waals surface area contributed by atoms with Crippen molar-refractivity contribution in [2.45, 2.75) is 46.5 Å². The average Bonchev–Trinajstić information content (AvgIpc) is 2.97. The zero-order valence-corrected chi connectivity index (χ0v) is 16.2. The van der Waals surface area contributed by atoms with Crippen LogP contribution < -0.4 is 5.32 Å². The van der Waals surface area contributed by atoms with Crippen molar-refractivity contribution in [3.05, 3.63) is 70.4 Å². The van der Waals surface area contributed by atoms with Gasteiger partial charge < -0.3 is 9.88 Å². The molecular formula is C22H23F3N2O. The molecule has 0 saturated heterocycles. The summed E-state index contributed by atoms with van der Waals surface area (Å²) < 4.78 is 40.6. The molecule has 1 aromatic heterocycles. The molecule has 2 aromatic carbocycles. The fourth-order valence-corrected chi connectivity index (χ4v) is 3.53. The van der Waals surface area contributed by atoms with E-state index >= 15 is 0 Å². The Bertz CT molecular complexity index is 1020. The van der Waals surface area contributed by atoms with Gasteiger partial charge in [-0.1, -0.05) is 25.1 Å². The minimum absolute atomic E-state index is 0.0354. The van der Waals surface area contributed by atoms with Crippen molar-refractivity contribution < 1.29 is 18.0 Å². The molecule has 1 N–H and O–H groups in total. The highest BCUT2D eigenvalue weighted by atomic mass is 19.4. The number of amides is 1. The molecule has 0 aliphatic carbocycles. The highest BCUT2D eigenvalue weighted by molar-refractivity contribution is 6.01. The number of benzene rings is 2. The molecule has 148 valence electrons. The van der Waals surface area contributed by atoms with Crippen molar-refractivity contribution in [3.63, 3.8) is 0 Å². The van der Waals surface area contributed by atoms with Gasteiger partial charge in [-0.25, -0.2) is 0 Å². The van der Waals surface area contributed by atoms with Gasteiger partial charge in [-0.15, -0.1) is 0 Å². The maximum atomic E-state index is 12.9. The first-order valence-corrected chi connectivity index (χ1v) is 9.32. The van der Waals surface area contributed by atoms with Gasteiger partial charge in [0, 0.05) is 24.0 Å². The van der Waals surface area contributed by atoms with Crippen LogP contribution in [0.4, 0.5) is 13.2 Å². The van der Waals surface area contributed by atoms with Crippen molar-refractivity contribution in [2.24, 2.45) is 0 Å². The number of carbonyl (C=O) groups excluding carboxylic acids is 1. The third kappa shape index (κ3) is 3.77. The van der Waals surface area contributed by atoms with Gasteiger partial charge in [0.1, 0.15) is 5.69 Å². The van der Waals surface area contributed by atoms with E-state index in [-0.39, 0.29) is 12.5 Å². The van der Waals surface area contributed by atoms with Crippen LogP contribution >= 0.6 is 0 Å². The number of carbonyl (C=O) groups is 1. The summed E-state index contributed by atoms with van der Waals surface area (Å²) in [7, 11) is 0. The van der Waals surface area contributed by atoms with Gasteiger partial charge in [0.05, 0.1) is 5.56 Å². The maximum absolute atomic E-state index is 12.9. The van der Waals surface area contributed by atoms with Crippen molar-refractivity contribution in [1.82, 2.24) is 9.88 Å². The predicted octanol–water partition coefficient (Wildman–Crippen LogP) is 5.48. The summed E-state index contributed by atoms with van der Waals surface area (Å²) in [6.45, 7) is 6.62. The first kappa shape index (κ1) is 20.0. The largest absolute Gasteiger partial charge is 0.416 e. The lowest BCUT2D eigenvalue weighted by molar-refractivity contribution is -0.137. The number of nitrogens with one attached hydrogen (secondary N) is 1. The highest BCUT2D eigenvalue weighted by Gasteiger charge is 2.30. The number of aromatic nitrogens is 1. The first-order valence-electron chi connectivity index (χ1n) is 9.32. The van der Waals surface area contributed by atoms with E-state index in [9.17, 15) is 18.0 Å². The standard InChI is InChI=1S/C22H23F3N2O/c1-4-15-9-10-19-18(12-15)14(3)20(27(19)5-2)21(28)26-13-16-7-6-8-17(11-16)22(23,24)25/h6-12H,4-5,13H2,1-3H3,(H,26,28). The fraction of sp³-hybridized carbons (Fsp3) is 0.318. The fourth-order valence-electron chi connectivity index (χ4n) is 3.53. The summed E-state index contributed by atoms with van der Waals surface area (Å²) in [5.41, 5.74) is 3.31. The molecule has 6 heteroatoms. The van der Waals surface area contributed by atoms with Crippen molar-refractivity contribution in [2.75, 3.05) is 0 Å². The zero-order chi connectivity index (χ0) is 20.5. The molecule has 0 saturated carbocycles. The molecule has 0 bridgehead atoms. The predicted molar refractivity (Wildman–Crippen MR) is 104 cm³/mol. The second-order valence-corrected chi connectivity index (χ2v) is 6.80. The molecule has 0 aliphatic heterocycles. The summed E-state index contributed by atoms with van der Waals surface area (Å²) in [6, 6.07) is 11.2. The number of hydrogen-bond donors (Lipinski definition) is 1. The Balaban J connectivity index is 1.89. The average molecular weight is 388 g/mol. The first-order chi connectivity index (χ1) is 13.3. The zero-order valence-electron chi connectivity index (χ0n) is 16.2. The maximum Gasteiger partial charge on any atom is 0.416 e. The Hall–Kier alpha value is -2.76. The SMILES string of the molecule is CCc1ccc2c(c1)c(C)c(C(=O)NCc1cccc(C(F)(F)F)c1)n2CC. The second kappa shape index (κ2) is 7.70. The Labute approximate surface area is 162 Å². The van der Waals surface area contributed by atoms with Gasteiger partial charge in [-0.2, -0.15) is 13.2 Å². The molecule has 0 fully saturated rings. The quantitative estimate of drug-likeness (QED) is 0.617. The molecule has 3 rings (SSSR count). The number of nitrogens with zero attached hydrogens (tertiary/aromatic N) is 1. The minimum atomic E-state index is -4.40. The van der Waals surface area contributed by atoms with E-state index in [1.54, 1.807) is 6.07 Å². The van der Waals surface area contributed by atoms with Gasteiger partial charge in [-0.05, 0) is 61.2 Å². The monoisotopic (exact) mass is 388 g/mol. The summed E-state index contributed by atoms with van der Waals surface area (Å²) in [6.07, 6.45) is -3.49. The summed E-state index contributed by atoms with van der Waals surface area (Å²) in [4.78, 5) is 12.9. The lowest BCUT2D eigenvalue weighted by Crippen LogP contribution is -2.26. The van der Waals surface area contributed by atoms with Crippen molar-refractivity contribution >= 4 is 16.8 Å². The van der Waals surface area contributed by atoms with E-state index in [4.69, 9.17) is 0 Å². The smallest absolute Gasteiger partial charge is 0.347 e. The highest BCUT2D eigenvalue weighted by Crippen LogP contribution is 2.30. The number of fused-ring (bicyclic) bond motifs is 1. The lowest BCUT2D eigenvalue weighted by Gasteiger charge is -2.11. The Kier molecular flexibility index (Phi) is 5.49. The second-order valence-electron chi connectivity index (χ2n) is 6.80. The molecule has 3 aromatic rings. The number of aryl methyl sites for hydroxylation is 3. The van der Waals surface area contributed by atoms with E-state index in [1.807, 2.05) is 24.5 Å². The number of halogens is 3. The molecule has 28 heavy (non-hydrogen) atoms. The van der Waals surface area contributed by atoms with Gasteiger partial charge in [0.2, 0.25) is 0 Å². The molecule has 0 spiro atoms. The molecule has 1 amide bonds. The van der Waals surface area contributed by atoms with E-state index in [1.165, 1.54) is 11.6 Å². The molecule has 0 unspecified atom stereocenters. The topological polar surface area (TPSA) is 34.0 Å². The van der Waals surface area contributed by atoms with Crippen LogP contribution in [0, 0.1) is 6.92 Å². The molecule has 0 radical (unpaired) electrons. The van der Waals surface area contributed by atoms with Gasteiger partial charge in [0.15, 0.2) is 0 Å². The summed E-state index contributed by atoms with van der Waals surface area (Å²) in [5, 5.41) is 3.80. The van der Waals surface area contributed by atoms with E-state index in [0.717, 1.165) is 35.0 Å². The van der Waals surface area contributed by atoms with Gasteiger partial charge >= 0.3 is 6.18 Å². The van der Waals surface area contributed by atoms with Crippen LogP contribution in [0.2, 0.25) is 0 Å². The third-order valence-corrected chi connectivity index (χ3v) is 5.03. The summed E-state index contributed by atoms with van der Waals surface area (Å²) >= 11 is 0. The summed E-state index contributed by atoms with van der Waals surface area (Å²) in [5.74, 6) is -0.286. The number of alkyl halides is 3. The molecule has 3 nitrogen and oxygen atoms in total. The van der Waals surface area contributed by atoms with Crippen LogP contribution in [0.25, 0.3) is 10.9 Å². The molecule has 0 aliphatic rings. The van der Waals surface area contributed by atoms with Crippen LogP contribution in [0.5, 0.6) is 0 Å². The van der Waals surface area contributed by atoms with Crippen LogP contribution in [0.1, 0.15) is 46.6 Å². The van der Waals surface area contributed by atoms with Gasteiger partial charge in [0.25, 0.3) is 5.91 Å². The normalized spacial score (nSPS) is 11.8. The molecule has 0 atom stereocenters. The Morgan fingerprint density at radius 3 is 2.46 bits per heavy atom.